The van der Waals surface area contributed by atoms with E-state index in [1.165, 1.54) is 24.3 Å². The van der Waals surface area contributed by atoms with Crippen LogP contribution in [0.15, 0.2) is 24.3 Å². The number of alkyl halides is 3. The summed E-state index contributed by atoms with van der Waals surface area (Å²) in [6.07, 6.45) is -5.86. The molecule has 0 radical (unpaired) electrons. The Kier molecular flexibility index (Phi) is 4.44. The maximum atomic E-state index is 12.1. The second-order valence-electron chi connectivity index (χ2n) is 5.12. The minimum atomic E-state index is -4.24. The molecular formula is C13H16F3NO2. The molecule has 1 aromatic carbocycles. The number of hydrogen-bond acceptors (Lipinski definition) is 2. The van der Waals surface area contributed by atoms with E-state index < -0.39 is 24.3 Å². The van der Waals surface area contributed by atoms with Crippen molar-refractivity contribution in [1.82, 2.24) is 0 Å². The molecule has 6 heteroatoms. The molecule has 0 unspecified atom stereocenters. The Morgan fingerprint density at radius 1 is 1.16 bits per heavy atom. The van der Waals surface area contributed by atoms with Crippen LogP contribution in [0.5, 0.6) is 0 Å². The van der Waals surface area contributed by atoms with Crippen LogP contribution in [0, 0.1) is 0 Å². The summed E-state index contributed by atoms with van der Waals surface area (Å²) in [6, 6.07) is 5.45. The average Bonchev–Trinajstić information content (AvgIpc) is 2.15. The highest BCUT2D eigenvalue weighted by molar-refractivity contribution is 5.84. The number of halogens is 3. The van der Waals surface area contributed by atoms with E-state index in [4.69, 9.17) is 4.74 Å². The lowest BCUT2D eigenvalue weighted by atomic mass is 10.1. The molecule has 1 N–H and O–H groups in total. The lowest BCUT2D eigenvalue weighted by Gasteiger charge is -2.19. The Morgan fingerprint density at radius 3 is 2.11 bits per heavy atom. The molecule has 1 rings (SSSR count). The van der Waals surface area contributed by atoms with Gasteiger partial charge in [0, 0.05) is 5.69 Å². The van der Waals surface area contributed by atoms with Crippen molar-refractivity contribution in [3.05, 3.63) is 29.8 Å². The van der Waals surface area contributed by atoms with Crippen molar-refractivity contribution in [2.24, 2.45) is 0 Å². The number of anilines is 1. The van der Waals surface area contributed by atoms with Gasteiger partial charge in [-0.3, -0.25) is 5.32 Å². The van der Waals surface area contributed by atoms with Crippen LogP contribution in [-0.2, 0) is 11.2 Å². The molecule has 0 aliphatic carbocycles. The topological polar surface area (TPSA) is 38.3 Å². The first-order valence-corrected chi connectivity index (χ1v) is 5.71. The zero-order valence-corrected chi connectivity index (χ0v) is 11.0. The predicted octanol–water partition coefficient (Wildman–Crippen LogP) is 4.14. The molecule has 0 saturated heterocycles. The van der Waals surface area contributed by atoms with Gasteiger partial charge in [0.2, 0.25) is 0 Å². The molecule has 0 heterocycles. The number of carbonyl (C=O) groups excluding carboxylic acids is 1. The first kappa shape index (κ1) is 15.3. The van der Waals surface area contributed by atoms with Crippen molar-refractivity contribution >= 4 is 11.8 Å². The summed E-state index contributed by atoms with van der Waals surface area (Å²) in [4.78, 5) is 11.4. The van der Waals surface area contributed by atoms with Crippen molar-refractivity contribution in [1.29, 1.82) is 0 Å². The van der Waals surface area contributed by atoms with Gasteiger partial charge in [-0.25, -0.2) is 4.79 Å². The summed E-state index contributed by atoms with van der Waals surface area (Å²) in [5.74, 6) is 0. The SMILES string of the molecule is CC(C)(C)OC(=O)Nc1ccc(CC(F)(F)F)cc1. The zero-order chi connectivity index (χ0) is 14.7. The van der Waals surface area contributed by atoms with Gasteiger partial charge < -0.3 is 4.74 Å². The molecular weight excluding hydrogens is 259 g/mol. The second-order valence-corrected chi connectivity index (χ2v) is 5.12. The van der Waals surface area contributed by atoms with Crippen molar-refractivity contribution < 1.29 is 22.7 Å². The first-order valence-electron chi connectivity index (χ1n) is 5.71. The normalized spacial score (nSPS) is 12.1. The molecule has 0 fully saturated rings. The summed E-state index contributed by atoms with van der Waals surface area (Å²) >= 11 is 0. The third-order valence-electron chi connectivity index (χ3n) is 2.00. The Labute approximate surface area is 109 Å². The fraction of sp³-hybridized carbons (Fsp3) is 0.462. The first-order chi connectivity index (χ1) is 8.55. The van der Waals surface area contributed by atoms with Crippen LogP contribution in [0.4, 0.5) is 23.7 Å². The molecule has 1 amide bonds. The van der Waals surface area contributed by atoms with Gasteiger partial charge in [-0.05, 0) is 38.5 Å². The number of nitrogens with one attached hydrogen (secondary N) is 1. The average molecular weight is 275 g/mol. The van der Waals surface area contributed by atoms with E-state index in [0.29, 0.717) is 5.69 Å². The molecule has 0 aromatic heterocycles. The van der Waals surface area contributed by atoms with E-state index >= 15 is 0 Å². The van der Waals surface area contributed by atoms with E-state index in [1.807, 2.05) is 0 Å². The number of hydrogen-bond donors (Lipinski definition) is 1. The fourth-order valence-electron chi connectivity index (χ4n) is 1.36. The van der Waals surface area contributed by atoms with Gasteiger partial charge in [0.1, 0.15) is 5.60 Å². The lowest BCUT2D eigenvalue weighted by molar-refractivity contribution is -0.127. The lowest BCUT2D eigenvalue weighted by Crippen LogP contribution is -2.27. The number of amides is 1. The van der Waals surface area contributed by atoms with Crippen LogP contribution in [0.2, 0.25) is 0 Å². The van der Waals surface area contributed by atoms with Crippen molar-refractivity contribution in [3.63, 3.8) is 0 Å². The Balaban J connectivity index is 2.60. The van der Waals surface area contributed by atoms with Crippen molar-refractivity contribution in [2.45, 2.75) is 39.0 Å². The predicted molar refractivity (Wildman–Crippen MR) is 66.1 cm³/mol. The van der Waals surface area contributed by atoms with E-state index in [9.17, 15) is 18.0 Å². The Hall–Kier alpha value is -1.72. The summed E-state index contributed by atoms with van der Waals surface area (Å²) in [7, 11) is 0. The fourth-order valence-corrected chi connectivity index (χ4v) is 1.36. The zero-order valence-electron chi connectivity index (χ0n) is 11.0. The van der Waals surface area contributed by atoms with Crippen LogP contribution >= 0.6 is 0 Å². The minimum Gasteiger partial charge on any atom is -0.444 e. The van der Waals surface area contributed by atoms with Crippen LogP contribution in [0.25, 0.3) is 0 Å². The van der Waals surface area contributed by atoms with Crippen LogP contribution in [0.1, 0.15) is 26.3 Å². The quantitative estimate of drug-likeness (QED) is 0.881. The molecule has 0 aliphatic heterocycles. The van der Waals surface area contributed by atoms with Crippen molar-refractivity contribution in [3.8, 4) is 0 Å². The summed E-state index contributed by atoms with van der Waals surface area (Å²) in [5, 5.41) is 2.45. The number of rotatable bonds is 2. The number of ether oxygens (including phenoxy) is 1. The molecule has 0 saturated carbocycles. The van der Waals surface area contributed by atoms with Gasteiger partial charge in [-0.2, -0.15) is 13.2 Å². The van der Waals surface area contributed by atoms with Gasteiger partial charge in [-0.15, -0.1) is 0 Å². The number of carbonyl (C=O) groups is 1. The van der Waals surface area contributed by atoms with Crippen LogP contribution in [-0.4, -0.2) is 17.9 Å². The highest BCUT2D eigenvalue weighted by atomic mass is 19.4. The highest BCUT2D eigenvalue weighted by Gasteiger charge is 2.27. The molecule has 1 aromatic rings. The van der Waals surface area contributed by atoms with E-state index in [-0.39, 0.29) is 5.56 Å². The molecule has 0 aliphatic rings. The highest BCUT2D eigenvalue weighted by Crippen LogP contribution is 2.22. The largest absolute Gasteiger partial charge is 0.444 e. The summed E-state index contributed by atoms with van der Waals surface area (Å²) in [5.41, 5.74) is -0.0947. The molecule has 0 spiro atoms. The van der Waals surface area contributed by atoms with Crippen molar-refractivity contribution in [2.75, 3.05) is 5.32 Å². The molecule has 0 bridgehead atoms. The Morgan fingerprint density at radius 2 is 1.68 bits per heavy atom. The van der Waals surface area contributed by atoms with Gasteiger partial charge in [0.25, 0.3) is 0 Å². The van der Waals surface area contributed by atoms with E-state index in [1.54, 1.807) is 20.8 Å². The maximum Gasteiger partial charge on any atom is 0.412 e. The minimum absolute atomic E-state index is 0.141. The monoisotopic (exact) mass is 275 g/mol. The van der Waals surface area contributed by atoms with Gasteiger partial charge in [-0.1, -0.05) is 12.1 Å². The summed E-state index contributed by atoms with van der Waals surface area (Å²) in [6.45, 7) is 5.16. The van der Waals surface area contributed by atoms with Gasteiger partial charge in [0.05, 0.1) is 6.42 Å². The number of benzene rings is 1. The molecule has 19 heavy (non-hydrogen) atoms. The molecule has 106 valence electrons. The maximum absolute atomic E-state index is 12.1. The van der Waals surface area contributed by atoms with E-state index in [2.05, 4.69) is 5.32 Å². The second kappa shape index (κ2) is 5.50. The summed E-state index contributed by atoms with van der Waals surface area (Å²) < 4.78 is 41.5. The molecule has 0 atom stereocenters. The van der Waals surface area contributed by atoms with Crippen LogP contribution in [0.3, 0.4) is 0 Å². The van der Waals surface area contributed by atoms with Crippen LogP contribution < -0.4 is 5.32 Å². The third kappa shape index (κ3) is 6.69. The molecule has 3 nitrogen and oxygen atoms in total. The third-order valence-corrected chi connectivity index (χ3v) is 2.00. The van der Waals surface area contributed by atoms with E-state index in [0.717, 1.165) is 0 Å². The van der Waals surface area contributed by atoms with Gasteiger partial charge in [0.15, 0.2) is 0 Å². The van der Waals surface area contributed by atoms with Gasteiger partial charge >= 0.3 is 12.3 Å². The Bertz CT molecular complexity index is 433. The smallest absolute Gasteiger partial charge is 0.412 e. The standard InChI is InChI=1S/C13H16F3NO2/c1-12(2,3)19-11(18)17-10-6-4-9(5-7-10)8-13(14,15)16/h4-7H,8H2,1-3H3,(H,17,18).